The highest BCUT2D eigenvalue weighted by molar-refractivity contribution is 8.00. The molecule has 0 aliphatic rings. The van der Waals surface area contributed by atoms with Gasteiger partial charge in [0, 0.05) is 22.9 Å². The van der Waals surface area contributed by atoms with Crippen LogP contribution < -0.4 is 16.0 Å². The lowest BCUT2D eigenvalue weighted by Gasteiger charge is -2.22. The van der Waals surface area contributed by atoms with Gasteiger partial charge in [0.15, 0.2) is 10.8 Å². The molecular weight excluding hydrogens is 318 g/mol. The first-order valence-corrected chi connectivity index (χ1v) is 9.36. The maximum absolute atomic E-state index is 12.5. The van der Waals surface area contributed by atoms with Crippen molar-refractivity contribution in [2.45, 2.75) is 23.6 Å². The van der Waals surface area contributed by atoms with Crippen molar-refractivity contribution in [1.82, 2.24) is 14.1 Å². The first-order chi connectivity index (χ1) is 9.30. The average Bonchev–Trinajstić information content (AvgIpc) is 2.95. The van der Waals surface area contributed by atoms with E-state index in [4.69, 9.17) is 5.84 Å². The standard InChI is InChI=1S/C10H17N5O2S3/c1-10(2,18-3)6-12-20(16,17)8-7(14-11)13-9-15(8)4-5-19-9/h4-5,12,14H,6,11H2,1-3H3. The number of imidazole rings is 1. The van der Waals surface area contributed by atoms with E-state index in [9.17, 15) is 8.42 Å². The number of hydrogen-bond acceptors (Lipinski definition) is 7. The summed E-state index contributed by atoms with van der Waals surface area (Å²) in [5.41, 5.74) is 2.34. The minimum atomic E-state index is -3.70. The third-order valence-corrected chi connectivity index (χ3v) is 6.28. The monoisotopic (exact) mass is 335 g/mol. The van der Waals surface area contributed by atoms with Gasteiger partial charge < -0.3 is 5.43 Å². The Morgan fingerprint density at radius 2 is 2.25 bits per heavy atom. The second-order valence-electron chi connectivity index (χ2n) is 4.75. The Kier molecular flexibility index (Phi) is 4.30. The van der Waals surface area contributed by atoms with Crippen LogP contribution in [0.2, 0.25) is 0 Å². The van der Waals surface area contributed by atoms with Gasteiger partial charge in [-0.3, -0.25) is 4.40 Å². The van der Waals surface area contributed by atoms with E-state index >= 15 is 0 Å². The molecule has 0 saturated heterocycles. The molecule has 2 rings (SSSR count). The average molecular weight is 335 g/mol. The predicted octanol–water partition coefficient (Wildman–Crippen LogP) is 1.10. The molecule has 0 bridgehead atoms. The first-order valence-electron chi connectivity index (χ1n) is 5.78. The summed E-state index contributed by atoms with van der Waals surface area (Å²) in [5.74, 6) is 5.51. The van der Waals surface area contributed by atoms with Gasteiger partial charge in [0.05, 0.1) is 0 Å². The van der Waals surface area contributed by atoms with Gasteiger partial charge in [0.25, 0.3) is 10.0 Å². The van der Waals surface area contributed by atoms with Gasteiger partial charge >= 0.3 is 0 Å². The SMILES string of the molecule is CSC(C)(C)CNS(=O)(=O)c1c(NN)nc2sccn12. The van der Waals surface area contributed by atoms with E-state index < -0.39 is 10.0 Å². The maximum Gasteiger partial charge on any atom is 0.260 e. The van der Waals surface area contributed by atoms with Gasteiger partial charge in [-0.15, -0.1) is 11.3 Å². The lowest BCUT2D eigenvalue weighted by molar-refractivity contribution is 0.566. The fourth-order valence-corrected chi connectivity index (χ4v) is 4.06. The largest absolute Gasteiger partial charge is 0.306 e. The number of aromatic nitrogens is 2. The summed E-state index contributed by atoms with van der Waals surface area (Å²) >= 11 is 2.93. The van der Waals surface area contributed by atoms with E-state index in [2.05, 4.69) is 15.1 Å². The summed E-state index contributed by atoms with van der Waals surface area (Å²) in [5, 5.41) is 1.81. The van der Waals surface area contributed by atoms with Crippen molar-refractivity contribution in [2.75, 3.05) is 18.2 Å². The van der Waals surface area contributed by atoms with Crippen LogP contribution in [0.25, 0.3) is 4.96 Å². The number of nitrogens with one attached hydrogen (secondary N) is 2. The molecule has 2 heterocycles. The van der Waals surface area contributed by atoms with Gasteiger partial charge in [-0.25, -0.2) is 19.0 Å². The Morgan fingerprint density at radius 1 is 1.55 bits per heavy atom. The van der Waals surface area contributed by atoms with Crippen molar-refractivity contribution in [2.24, 2.45) is 5.84 Å². The van der Waals surface area contributed by atoms with Gasteiger partial charge in [-0.05, 0) is 20.1 Å². The molecule has 7 nitrogen and oxygen atoms in total. The molecule has 0 amide bonds. The van der Waals surface area contributed by atoms with Gasteiger partial charge in [-0.2, -0.15) is 16.7 Å². The first kappa shape index (κ1) is 15.6. The molecular formula is C10H17N5O2S3. The van der Waals surface area contributed by atoms with Crippen LogP contribution in [0, 0.1) is 0 Å². The molecule has 0 aromatic carbocycles. The zero-order valence-electron chi connectivity index (χ0n) is 11.4. The van der Waals surface area contributed by atoms with E-state index in [-0.39, 0.29) is 15.6 Å². The number of anilines is 1. The van der Waals surface area contributed by atoms with Gasteiger partial charge in [0.1, 0.15) is 0 Å². The number of nitrogens with two attached hydrogens (primary N) is 1. The number of hydrogen-bond donors (Lipinski definition) is 3. The zero-order chi connectivity index (χ0) is 15.0. The third-order valence-electron chi connectivity index (χ3n) is 2.85. The highest BCUT2D eigenvalue weighted by Crippen LogP contribution is 2.26. The smallest absolute Gasteiger partial charge is 0.260 e. The number of nitrogens with zero attached hydrogens (tertiary/aromatic N) is 2. The summed E-state index contributed by atoms with van der Waals surface area (Å²) in [6.07, 6.45) is 3.60. The van der Waals surface area contributed by atoms with E-state index in [0.717, 1.165) is 0 Å². The molecule has 0 spiro atoms. The normalized spacial score (nSPS) is 13.0. The third kappa shape index (κ3) is 2.93. The minimum absolute atomic E-state index is 0.0353. The van der Waals surface area contributed by atoms with E-state index in [1.807, 2.05) is 20.1 Å². The molecule has 0 radical (unpaired) electrons. The second kappa shape index (κ2) is 5.53. The predicted molar refractivity (Wildman–Crippen MR) is 83.7 cm³/mol. The zero-order valence-corrected chi connectivity index (χ0v) is 13.8. The number of fused-ring (bicyclic) bond motifs is 1. The second-order valence-corrected chi connectivity index (χ2v) is 8.82. The Balaban J connectivity index is 2.38. The van der Waals surface area contributed by atoms with Crippen molar-refractivity contribution >= 4 is 43.9 Å². The lowest BCUT2D eigenvalue weighted by Crippen LogP contribution is -2.36. The molecule has 0 aliphatic heterocycles. The summed E-state index contributed by atoms with van der Waals surface area (Å²) in [6.45, 7) is 4.26. The minimum Gasteiger partial charge on any atom is -0.306 e. The van der Waals surface area contributed by atoms with Crippen LogP contribution in [0.3, 0.4) is 0 Å². The Hall–Kier alpha value is -0.810. The number of thioether (sulfide) groups is 1. The van der Waals surface area contributed by atoms with Crippen LogP contribution in [-0.2, 0) is 10.0 Å². The van der Waals surface area contributed by atoms with Crippen LogP contribution in [0.1, 0.15) is 13.8 Å². The van der Waals surface area contributed by atoms with Gasteiger partial charge in [-0.1, -0.05) is 0 Å². The summed E-state index contributed by atoms with van der Waals surface area (Å²) < 4.78 is 28.9. The van der Waals surface area contributed by atoms with Crippen LogP contribution in [0.15, 0.2) is 16.6 Å². The fourth-order valence-electron chi connectivity index (χ4n) is 1.53. The molecule has 0 unspecified atom stereocenters. The van der Waals surface area contributed by atoms with E-state index in [1.54, 1.807) is 23.3 Å². The topological polar surface area (TPSA) is 102 Å². The fraction of sp³-hybridized carbons (Fsp3) is 0.500. The number of hydrazine groups is 1. The number of thiazole rings is 1. The molecule has 2 aromatic rings. The van der Waals surface area contributed by atoms with Crippen LogP contribution in [0.4, 0.5) is 5.82 Å². The van der Waals surface area contributed by atoms with E-state index in [1.165, 1.54) is 15.7 Å². The Bertz CT molecular complexity index is 704. The highest BCUT2D eigenvalue weighted by Gasteiger charge is 2.28. The summed E-state index contributed by atoms with van der Waals surface area (Å²) in [6, 6.07) is 0. The van der Waals surface area contributed by atoms with Crippen molar-refractivity contribution in [1.29, 1.82) is 0 Å². The number of sulfonamides is 1. The molecule has 0 aliphatic carbocycles. The van der Waals surface area contributed by atoms with Crippen molar-refractivity contribution < 1.29 is 8.42 Å². The molecule has 0 fully saturated rings. The molecule has 4 N–H and O–H groups in total. The van der Waals surface area contributed by atoms with Crippen molar-refractivity contribution in [3.63, 3.8) is 0 Å². The highest BCUT2D eigenvalue weighted by atomic mass is 32.2. The number of nitrogen functional groups attached to an aromatic ring is 1. The quantitative estimate of drug-likeness (QED) is 0.540. The molecule has 2 aromatic heterocycles. The van der Waals surface area contributed by atoms with Crippen LogP contribution >= 0.6 is 23.1 Å². The Morgan fingerprint density at radius 3 is 2.85 bits per heavy atom. The molecule has 0 atom stereocenters. The van der Waals surface area contributed by atoms with Crippen molar-refractivity contribution in [3.05, 3.63) is 11.6 Å². The number of rotatable bonds is 6. The molecule has 20 heavy (non-hydrogen) atoms. The maximum atomic E-state index is 12.5. The summed E-state index contributed by atoms with van der Waals surface area (Å²) in [4.78, 5) is 4.71. The summed E-state index contributed by atoms with van der Waals surface area (Å²) in [7, 11) is -3.70. The van der Waals surface area contributed by atoms with Crippen LogP contribution in [0.5, 0.6) is 0 Å². The van der Waals surface area contributed by atoms with Crippen molar-refractivity contribution in [3.8, 4) is 0 Å². The van der Waals surface area contributed by atoms with E-state index in [0.29, 0.717) is 11.5 Å². The van der Waals surface area contributed by atoms with Gasteiger partial charge in [0.2, 0.25) is 5.03 Å². The molecule has 10 heteroatoms. The molecule has 0 saturated carbocycles. The lowest BCUT2D eigenvalue weighted by atomic mass is 10.2. The van der Waals surface area contributed by atoms with Crippen LogP contribution in [-0.4, -0.2) is 35.4 Å². The Labute approximate surface area is 126 Å². The molecule has 112 valence electrons.